The van der Waals surface area contributed by atoms with E-state index >= 15 is 0 Å². The first-order valence-electron chi connectivity index (χ1n) is 5.76. The molecule has 0 aromatic carbocycles. The number of nitrogens with one attached hydrogen (secondary N) is 1. The van der Waals surface area contributed by atoms with Crippen molar-refractivity contribution in [1.82, 2.24) is 4.98 Å². The number of rotatable bonds is 7. The van der Waals surface area contributed by atoms with E-state index in [-0.39, 0.29) is 0 Å². The zero-order valence-corrected chi connectivity index (χ0v) is 10.7. The van der Waals surface area contributed by atoms with Crippen LogP contribution in [0.1, 0.15) is 6.92 Å². The molecule has 0 aliphatic carbocycles. The maximum absolute atomic E-state index is 9.64. The summed E-state index contributed by atoms with van der Waals surface area (Å²) in [7, 11) is 3.48. The minimum Gasteiger partial charge on any atom is -0.389 e. The lowest BCUT2D eigenvalue weighted by atomic mass is 10.3. The van der Waals surface area contributed by atoms with Gasteiger partial charge in [0, 0.05) is 27.2 Å². The number of aromatic nitrogens is 1. The van der Waals surface area contributed by atoms with E-state index in [0.717, 1.165) is 18.2 Å². The van der Waals surface area contributed by atoms with Crippen LogP contribution in [0.4, 0.5) is 11.6 Å². The maximum Gasteiger partial charge on any atom is 0.130 e. The molecule has 5 nitrogen and oxygen atoms in total. The summed E-state index contributed by atoms with van der Waals surface area (Å²) in [5, 5.41) is 12.8. The normalized spacial score (nSPS) is 12.2. The Hall–Kier alpha value is -1.33. The molecule has 2 N–H and O–H groups in total. The highest BCUT2D eigenvalue weighted by Crippen LogP contribution is 2.13. The second-order valence-electron chi connectivity index (χ2n) is 3.90. The van der Waals surface area contributed by atoms with Crippen molar-refractivity contribution < 1.29 is 9.84 Å². The van der Waals surface area contributed by atoms with E-state index < -0.39 is 6.10 Å². The zero-order chi connectivity index (χ0) is 12.7. The molecule has 0 saturated carbocycles. The maximum atomic E-state index is 9.64. The first-order chi connectivity index (χ1) is 8.17. The Balaban J connectivity index is 2.61. The summed E-state index contributed by atoms with van der Waals surface area (Å²) >= 11 is 0. The third kappa shape index (κ3) is 4.58. The van der Waals surface area contributed by atoms with Gasteiger partial charge in [0.05, 0.1) is 12.7 Å². The largest absolute Gasteiger partial charge is 0.389 e. The highest BCUT2D eigenvalue weighted by molar-refractivity contribution is 5.46. The van der Waals surface area contributed by atoms with Crippen molar-refractivity contribution in [2.24, 2.45) is 0 Å². The second kappa shape index (κ2) is 7.09. The third-order valence-electron chi connectivity index (χ3n) is 2.33. The van der Waals surface area contributed by atoms with Crippen LogP contribution in [-0.4, -0.2) is 50.0 Å². The van der Waals surface area contributed by atoms with Crippen molar-refractivity contribution in [1.29, 1.82) is 0 Å². The number of pyridine rings is 1. The zero-order valence-electron chi connectivity index (χ0n) is 10.7. The van der Waals surface area contributed by atoms with Gasteiger partial charge in [-0.2, -0.15) is 0 Å². The molecule has 1 rings (SSSR count). The highest BCUT2D eigenvalue weighted by Gasteiger charge is 2.09. The topological polar surface area (TPSA) is 57.6 Å². The van der Waals surface area contributed by atoms with Crippen molar-refractivity contribution in [3.8, 4) is 0 Å². The summed E-state index contributed by atoms with van der Waals surface area (Å²) in [4.78, 5) is 6.35. The molecule has 0 amide bonds. The van der Waals surface area contributed by atoms with Crippen LogP contribution in [-0.2, 0) is 4.74 Å². The van der Waals surface area contributed by atoms with Crippen LogP contribution < -0.4 is 10.2 Å². The minimum atomic E-state index is -0.505. The SMILES string of the molecule is CCNc1cccc(N(C)CC(O)COC)n1. The Morgan fingerprint density at radius 3 is 2.94 bits per heavy atom. The fourth-order valence-corrected chi connectivity index (χ4v) is 1.57. The lowest BCUT2D eigenvalue weighted by Gasteiger charge is -2.21. The number of anilines is 2. The van der Waals surface area contributed by atoms with Crippen molar-refractivity contribution in [2.75, 3.05) is 44.1 Å². The molecule has 1 atom stereocenters. The standard InChI is InChI=1S/C12H21N3O2/c1-4-13-11-6-5-7-12(14-11)15(2)8-10(16)9-17-3/h5-7,10,16H,4,8-9H2,1-3H3,(H,13,14). The number of hydrogen-bond acceptors (Lipinski definition) is 5. The molecule has 0 aliphatic heterocycles. The van der Waals surface area contributed by atoms with E-state index in [4.69, 9.17) is 4.74 Å². The van der Waals surface area contributed by atoms with Gasteiger partial charge in [0.2, 0.25) is 0 Å². The van der Waals surface area contributed by atoms with E-state index in [1.165, 1.54) is 0 Å². The van der Waals surface area contributed by atoms with Gasteiger partial charge in [0.15, 0.2) is 0 Å². The minimum absolute atomic E-state index is 0.331. The van der Waals surface area contributed by atoms with Gasteiger partial charge in [-0.15, -0.1) is 0 Å². The molecule has 96 valence electrons. The number of hydrogen-bond donors (Lipinski definition) is 2. The van der Waals surface area contributed by atoms with Crippen LogP contribution in [0, 0.1) is 0 Å². The first kappa shape index (κ1) is 13.7. The second-order valence-corrected chi connectivity index (χ2v) is 3.90. The van der Waals surface area contributed by atoms with Crippen LogP contribution in [0.25, 0.3) is 0 Å². The van der Waals surface area contributed by atoms with E-state index in [9.17, 15) is 5.11 Å². The summed E-state index contributed by atoms with van der Waals surface area (Å²) in [6.07, 6.45) is -0.505. The van der Waals surface area contributed by atoms with Crippen LogP contribution in [0.3, 0.4) is 0 Å². The smallest absolute Gasteiger partial charge is 0.130 e. The first-order valence-corrected chi connectivity index (χ1v) is 5.76. The monoisotopic (exact) mass is 239 g/mol. The summed E-state index contributed by atoms with van der Waals surface area (Å²) in [6.45, 7) is 3.69. The van der Waals surface area contributed by atoms with Gasteiger partial charge < -0.3 is 20.1 Å². The molecule has 1 heterocycles. The predicted octanol–water partition coefficient (Wildman–Crippen LogP) is 0.957. The molecule has 5 heteroatoms. The van der Waals surface area contributed by atoms with E-state index in [2.05, 4.69) is 10.3 Å². The number of ether oxygens (including phenoxy) is 1. The van der Waals surface area contributed by atoms with Crippen molar-refractivity contribution in [2.45, 2.75) is 13.0 Å². The molecule has 1 aromatic rings. The molecular formula is C12H21N3O2. The third-order valence-corrected chi connectivity index (χ3v) is 2.33. The van der Waals surface area contributed by atoms with Crippen molar-refractivity contribution in [3.05, 3.63) is 18.2 Å². The Kier molecular flexibility index (Phi) is 5.72. The summed E-state index contributed by atoms with van der Waals surface area (Å²) in [5.74, 6) is 1.68. The Morgan fingerprint density at radius 2 is 2.29 bits per heavy atom. The highest BCUT2D eigenvalue weighted by atomic mass is 16.5. The molecule has 0 aliphatic rings. The van der Waals surface area contributed by atoms with Gasteiger partial charge >= 0.3 is 0 Å². The van der Waals surface area contributed by atoms with Crippen molar-refractivity contribution in [3.63, 3.8) is 0 Å². The Bertz CT molecular complexity index is 333. The lowest BCUT2D eigenvalue weighted by Crippen LogP contribution is -2.32. The Morgan fingerprint density at radius 1 is 1.53 bits per heavy atom. The lowest BCUT2D eigenvalue weighted by molar-refractivity contribution is 0.0694. The van der Waals surface area contributed by atoms with Crippen LogP contribution in [0.5, 0.6) is 0 Å². The van der Waals surface area contributed by atoms with E-state index in [1.54, 1.807) is 7.11 Å². The average molecular weight is 239 g/mol. The molecule has 0 fully saturated rings. The van der Waals surface area contributed by atoms with E-state index in [0.29, 0.717) is 13.2 Å². The van der Waals surface area contributed by atoms with Crippen LogP contribution in [0.15, 0.2) is 18.2 Å². The van der Waals surface area contributed by atoms with Gasteiger partial charge in [0.1, 0.15) is 11.6 Å². The van der Waals surface area contributed by atoms with E-state index in [1.807, 2.05) is 37.1 Å². The molecule has 0 radical (unpaired) electrons. The fourth-order valence-electron chi connectivity index (χ4n) is 1.57. The molecule has 0 bridgehead atoms. The molecule has 1 unspecified atom stereocenters. The number of aliphatic hydroxyl groups is 1. The molecule has 0 saturated heterocycles. The quantitative estimate of drug-likeness (QED) is 0.742. The average Bonchev–Trinajstić information content (AvgIpc) is 2.30. The van der Waals surface area contributed by atoms with Gasteiger partial charge in [-0.1, -0.05) is 6.07 Å². The van der Waals surface area contributed by atoms with Gasteiger partial charge in [0.25, 0.3) is 0 Å². The number of methoxy groups -OCH3 is 1. The molecule has 0 spiro atoms. The van der Waals surface area contributed by atoms with Gasteiger partial charge in [-0.05, 0) is 19.1 Å². The summed E-state index contributed by atoms with van der Waals surface area (Å²) in [5.41, 5.74) is 0. The number of likely N-dealkylation sites (N-methyl/N-ethyl adjacent to an activating group) is 1. The van der Waals surface area contributed by atoms with Crippen LogP contribution >= 0.6 is 0 Å². The van der Waals surface area contributed by atoms with Crippen molar-refractivity contribution >= 4 is 11.6 Å². The predicted molar refractivity (Wildman–Crippen MR) is 69.6 cm³/mol. The van der Waals surface area contributed by atoms with Gasteiger partial charge in [-0.3, -0.25) is 0 Å². The molecule has 17 heavy (non-hydrogen) atoms. The van der Waals surface area contributed by atoms with Gasteiger partial charge in [-0.25, -0.2) is 4.98 Å². The molecular weight excluding hydrogens is 218 g/mol. The number of aliphatic hydroxyl groups excluding tert-OH is 1. The van der Waals surface area contributed by atoms with Crippen LogP contribution in [0.2, 0.25) is 0 Å². The Labute approximate surface area is 102 Å². The summed E-state index contributed by atoms with van der Waals surface area (Å²) in [6, 6.07) is 5.78. The fraction of sp³-hybridized carbons (Fsp3) is 0.583. The molecule has 1 aromatic heterocycles. The summed E-state index contributed by atoms with van der Waals surface area (Å²) < 4.78 is 4.89. The number of nitrogens with zero attached hydrogens (tertiary/aromatic N) is 2.